The van der Waals surface area contributed by atoms with Crippen LogP contribution < -0.4 is 0 Å². The summed E-state index contributed by atoms with van der Waals surface area (Å²) in [4.78, 5) is 17.6. The quantitative estimate of drug-likeness (QED) is 0.500. The van der Waals surface area contributed by atoms with E-state index < -0.39 is 0 Å². The van der Waals surface area contributed by atoms with Crippen LogP contribution in [0, 0.1) is 0 Å². The van der Waals surface area contributed by atoms with Crippen molar-refractivity contribution in [3.8, 4) is 0 Å². The molecule has 0 atom stereocenters. The Kier molecular flexibility index (Phi) is 2.65. The monoisotopic (exact) mass is 295 g/mol. The predicted octanol–water partition coefficient (Wildman–Crippen LogP) is 4.74. The maximum Gasteiger partial charge on any atom is 0.203 e. The van der Waals surface area contributed by atoms with Gasteiger partial charge < -0.3 is 0 Å². The van der Waals surface area contributed by atoms with Crippen molar-refractivity contribution < 1.29 is 4.79 Å². The number of nitrogens with zero attached hydrogens (tertiary/aromatic N) is 1. The van der Waals surface area contributed by atoms with Crippen molar-refractivity contribution >= 4 is 48.8 Å². The van der Waals surface area contributed by atoms with E-state index in [0.29, 0.717) is 5.56 Å². The van der Waals surface area contributed by atoms with E-state index >= 15 is 0 Å². The second-order valence-corrected chi connectivity index (χ2v) is 6.53. The summed E-state index contributed by atoms with van der Waals surface area (Å²) in [5, 5.41) is 3.10. The average molecular weight is 295 g/mol. The maximum atomic E-state index is 12.5. The van der Waals surface area contributed by atoms with Crippen LogP contribution in [0.3, 0.4) is 0 Å². The number of hydrogen-bond donors (Lipinski definition) is 0. The Bertz CT molecular complexity index is 907. The number of carbonyl (C=O) groups is 1. The van der Waals surface area contributed by atoms with Gasteiger partial charge >= 0.3 is 0 Å². The number of fused-ring (bicyclic) bond motifs is 2. The van der Waals surface area contributed by atoms with Crippen LogP contribution in [0.2, 0.25) is 0 Å². The highest BCUT2D eigenvalue weighted by Crippen LogP contribution is 2.31. The molecule has 3 heterocycles. The summed E-state index contributed by atoms with van der Waals surface area (Å²) in [7, 11) is 0. The van der Waals surface area contributed by atoms with Crippen LogP contribution in [0.4, 0.5) is 0 Å². The van der Waals surface area contributed by atoms with Crippen molar-refractivity contribution in [2.45, 2.75) is 0 Å². The van der Waals surface area contributed by atoms with Gasteiger partial charge in [0.2, 0.25) is 5.78 Å². The summed E-state index contributed by atoms with van der Waals surface area (Å²) in [5.74, 6) is 0.0750. The third kappa shape index (κ3) is 1.85. The topological polar surface area (TPSA) is 30.0 Å². The summed E-state index contributed by atoms with van der Waals surface area (Å²) in [6.07, 6.45) is 1.75. The van der Waals surface area contributed by atoms with Gasteiger partial charge in [0.05, 0.1) is 10.4 Å². The molecule has 4 aromatic rings. The molecule has 1 aromatic carbocycles. The summed E-state index contributed by atoms with van der Waals surface area (Å²) in [6, 6.07) is 13.6. The molecule has 0 fully saturated rings. The highest BCUT2D eigenvalue weighted by atomic mass is 32.1. The molecule has 2 nitrogen and oxygen atoms in total. The zero-order valence-electron chi connectivity index (χ0n) is 10.4. The SMILES string of the molecule is O=C(c1ccc2cccnc2c1)c1cc2sccc2s1. The normalized spacial score (nSPS) is 11.2. The summed E-state index contributed by atoms with van der Waals surface area (Å²) < 4.78 is 2.36. The first-order valence-corrected chi connectivity index (χ1v) is 7.87. The lowest BCUT2D eigenvalue weighted by Crippen LogP contribution is -1.98. The minimum atomic E-state index is 0.0750. The molecule has 0 saturated carbocycles. The number of ketones is 1. The highest BCUT2D eigenvalue weighted by Gasteiger charge is 2.13. The molecule has 4 rings (SSSR count). The van der Waals surface area contributed by atoms with Crippen molar-refractivity contribution in [3.05, 3.63) is 64.5 Å². The molecule has 0 aliphatic heterocycles. The Balaban J connectivity index is 1.81. The second kappa shape index (κ2) is 4.51. The molecule has 0 aliphatic rings. The van der Waals surface area contributed by atoms with E-state index in [4.69, 9.17) is 0 Å². The lowest BCUT2D eigenvalue weighted by Gasteiger charge is -2.00. The Morgan fingerprint density at radius 2 is 2.00 bits per heavy atom. The van der Waals surface area contributed by atoms with E-state index in [1.54, 1.807) is 28.9 Å². The van der Waals surface area contributed by atoms with Crippen molar-refractivity contribution in [1.29, 1.82) is 0 Å². The zero-order valence-corrected chi connectivity index (χ0v) is 12.0. The molecule has 0 spiro atoms. The standard InChI is InChI=1S/C16H9NOS2/c18-16(15-9-14-13(20-15)5-7-19-14)11-4-3-10-2-1-6-17-12(10)8-11/h1-9H. The van der Waals surface area contributed by atoms with Crippen molar-refractivity contribution in [3.63, 3.8) is 0 Å². The smallest absolute Gasteiger partial charge is 0.203 e. The minimum Gasteiger partial charge on any atom is -0.288 e. The maximum absolute atomic E-state index is 12.5. The molecule has 0 bridgehead atoms. The van der Waals surface area contributed by atoms with Crippen molar-refractivity contribution in [2.24, 2.45) is 0 Å². The number of thiophene rings is 2. The van der Waals surface area contributed by atoms with Gasteiger partial charge in [-0.15, -0.1) is 22.7 Å². The van der Waals surface area contributed by atoms with Crippen LogP contribution >= 0.6 is 22.7 Å². The molecule has 20 heavy (non-hydrogen) atoms. The molecule has 0 amide bonds. The molecule has 0 unspecified atom stereocenters. The lowest BCUT2D eigenvalue weighted by atomic mass is 10.1. The van der Waals surface area contributed by atoms with Gasteiger partial charge in [-0.3, -0.25) is 9.78 Å². The van der Waals surface area contributed by atoms with Crippen LogP contribution in [0.15, 0.2) is 54.0 Å². The number of pyridine rings is 1. The van der Waals surface area contributed by atoms with E-state index in [-0.39, 0.29) is 5.78 Å². The number of hydrogen-bond acceptors (Lipinski definition) is 4. The van der Waals surface area contributed by atoms with Crippen molar-refractivity contribution in [1.82, 2.24) is 4.98 Å². The van der Waals surface area contributed by atoms with Gasteiger partial charge in [0.1, 0.15) is 0 Å². The van der Waals surface area contributed by atoms with Gasteiger partial charge in [-0.1, -0.05) is 18.2 Å². The first-order chi connectivity index (χ1) is 9.81. The van der Waals surface area contributed by atoms with Gasteiger partial charge in [0.25, 0.3) is 0 Å². The molecule has 3 aromatic heterocycles. The van der Waals surface area contributed by atoms with Gasteiger partial charge in [-0.2, -0.15) is 0 Å². The first-order valence-electron chi connectivity index (χ1n) is 6.18. The Morgan fingerprint density at radius 3 is 2.90 bits per heavy atom. The van der Waals surface area contributed by atoms with Gasteiger partial charge in [-0.05, 0) is 29.6 Å². The first kappa shape index (κ1) is 11.8. The Hall–Kier alpha value is -2.04. The minimum absolute atomic E-state index is 0.0750. The van der Waals surface area contributed by atoms with Gasteiger partial charge in [0, 0.05) is 26.5 Å². The van der Waals surface area contributed by atoms with Gasteiger partial charge in [-0.25, -0.2) is 0 Å². The number of aromatic nitrogens is 1. The molecule has 4 heteroatoms. The fourth-order valence-corrected chi connectivity index (χ4v) is 4.30. The van der Waals surface area contributed by atoms with Crippen LogP contribution in [-0.4, -0.2) is 10.8 Å². The molecule has 0 aliphatic carbocycles. The molecular weight excluding hydrogens is 286 g/mol. The highest BCUT2D eigenvalue weighted by molar-refractivity contribution is 7.28. The third-order valence-corrected chi connectivity index (χ3v) is 5.32. The molecular formula is C16H9NOS2. The van der Waals surface area contributed by atoms with E-state index in [0.717, 1.165) is 15.8 Å². The fourth-order valence-electron chi connectivity index (χ4n) is 2.23. The number of carbonyl (C=O) groups excluding carboxylic acids is 1. The van der Waals surface area contributed by atoms with Crippen molar-refractivity contribution in [2.75, 3.05) is 0 Å². The number of rotatable bonds is 2. The van der Waals surface area contributed by atoms with E-state index in [2.05, 4.69) is 16.4 Å². The van der Waals surface area contributed by atoms with Crippen LogP contribution in [0.1, 0.15) is 15.2 Å². The van der Waals surface area contributed by atoms with E-state index in [1.165, 1.54) is 9.40 Å². The molecule has 0 radical (unpaired) electrons. The van der Waals surface area contributed by atoms with E-state index in [1.807, 2.05) is 36.4 Å². The molecule has 0 saturated heterocycles. The number of benzene rings is 1. The second-order valence-electron chi connectivity index (χ2n) is 4.50. The fraction of sp³-hybridized carbons (Fsp3) is 0. The average Bonchev–Trinajstić information content (AvgIpc) is 3.07. The van der Waals surface area contributed by atoms with Crippen LogP contribution in [0.5, 0.6) is 0 Å². The predicted molar refractivity (Wildman–Crippen MR) is 84.9 cm³/mol. The van der Waals surface area contributed by atoms with E-state index in [9.17, 15) is 4.79 Å². The van der Waals surface area contributed by atoms with Gasteiger partial charge in [0.15, 0.2) is 0 Å². The van der Waals surface area contributed by atoms with Crippen LogP contribution in [-0.2, 0) is 0 Å². The summed E-state index contributed by atoms with van der Waals surface area (Å²) in [6.45, 7) is 0. The van der Waals surface area contributed by atoms with Crippen LogP contribution in [0.25, 0.3) is 20.3 Å². The Morgan fingerprint density at radius 1 is 1.05 bits per heavy atom. The third-order valence-electron chi connectivity index (χ3n) is 3.23. The summed E-state index contributed by atoms with van der Waals surface area (Å²) in [5.41, 5.74) is 1.56. The lowest BCUT2D eigenvalue weighted by molar-refractivity contribution is 0.104. The summed E-state index contributed by atoms with van der Waals surface area (Å²) >= 11 is 3.22. The molecule has 96 valence electrons. The Labute approximate surface area is 123 Å². The molecule has 0 N–H and O–H groups in total. The largest absolute Gasteiger partial charge is 0.288 e. The zero-order chi connectivity index (χ0) is 13.5.